The molecular formula is C14H8N4O. The summed E-state index contributed by atoms with van der Waals surface area (Å²) in [5.74, 6) is 5.67. The lowest BCUT2D eigenvalue weighted by molar-refractivity contribution is 0.256. The van der Waals surface area contributed by atoms with E-state index in [1.54, 1.807) is 6.92 Å². The Labute approximate surface area is 108 Å². The Hall–Kier alpha value is -2.87. The van der Waals surface area contributed by atoms with Crippen molar-refractivity contribution in [2.24, 2.45) is 9.98 Å². The minimum atomic E-state index is -0.574. The summed E-state index contributed by atoms with van der Waals surface area (Å²) in [5, 5.41) is 0. The molecule has 0 aliphatic carbocycles. The Balaban J connectivity index is 2.34. The van der Waals surface area contributed by atoms with Crippen molar-refractivity contribution in [3.8, 4) is 23.1 Å². The lowest BCUT2D eigenvalue weighted by atomic mass is 10.1. The minimum Gasteiger partial charge on any atom is -0.244 e. The van der Waals surface area contributed by atoms with Crippen molar-refractivity contribution in [3.05, 3.63) is 47.0 Å². The SMILES string of the molecule is CC#Cc1nc2c(nc1-c1ccccc1)=NC(=O)N=2. The first-order valence-corrected chi connectivity index (χ1v) is 5.65. The smallest absolute Gasteiger partial charge is 0.244 e. The van der Waals surface area contributed by atoms with E-state index in [1.807, 2.05) is 30.3 Å². The van der Waals surface area contributed by atoms with Crippen LogP contribution in [0, 0.1) is 11.8 Å². The van der Waals surface area contributed by atoms with Gasteiger partial charge in [-0.15, -0.1) is 0 Å². The number of rotatable bonds is 1. The molecule has 0 spiro atoms. The Morgan fingerprint density at radius 1 is 1.00 bits per heavy atom. The van der Waals surface area contributed by atoms with Crippen molar-refractivity contribution in [3.63, 3.8) is 0 Å². The maximum Gasteiger partial charge on any atom is 0.371 e. The van der Waals surface area contributed by atoms with Gasteiger partial charge in [-0.1, -0.05) is 36.3 Å². The van der Waals surface area contributed by atoms with E-state index in [0.717, 1.165) is 5.56 Å². The van der Waals surface area contributed by atoms with Crippen molar-refractivity contribution in [1.29, 1.82) is 0 Å². The normalized spacial score (nSPS) is 11.9. The third-order valence-corrected chi connectivity index (χ3v) is 2.55. The van der Waals surface area contributed by atoms with Crippen LogP contribution >= 0.6 is 0 Å². The van der Waals surface area contributed by atoms with E-state index in [2.05, 4.69) is 31.8 Å². The predicted molar refractivity (Wildman–Crippen MR) is 67.7 cm³/mol. The van der Waals surface area contributed by atoms with Gasteiger partial charge in [0.1, 0.15) is 11.4 Å². The summed E-state index contributed by atoms with van der Waals surface area (Å²) in [4.78, 5) is 27.2. The zero-order chi connectivity index (χ0) is 13.2. The number of carbonyl (C=O) groups is 1. The van der Waals surface area contributed by atoms with Crippen LogP contribution in [0.4, 0.5) is 4.79 Å². The first kappa shape index (κ1) is 11.2. The summed E-state index contributed by atoms with van der Waals surface area (Å²) < 4.78 is 0. The topological polar surface area (TPSA) is 67.6 Å². The van der Waals surface area contributed by atoms with E-state index in [1.165, 1.54) is 0 Å². The van der Waals surface area contributed by atoms with E-state index < -0.39 is 6.03 Å². The van der Waals surface area contributed by atoms with Gasteiger partial charge in [-0.05, 0) is 12.8 Å². The standard InChI is InChI=1S/C14H8N4O/c1-2-6-10-11(9-7-4-3-5-8-9)16-13-12(15-10)17-14(19)18-13/h3-5,7-8H,1H3. The highest BCUT2D eigenvalue weighted by Gasteiger charge is 2.13. The highest BCUT2D eigenvalue weighted by atomic mass is 16.2. The lowest BCUT2D eigenvalue weighted by Gasteiger charge is -2.01. The molecule has 2 aromatic rings. The van der Waals surface area contributed by atoms with Crippen LogP contribution in [-0.2, 0) is 0 Å². The number of hydrogen-bond acceptors (Lipinski definition) is 3. The summed E-state index contributed by atoms with van der Waals surface area (Å²) >= 11 is 0. The number of carbonyl (C=O) groups excluding carboxylic acids is 1. The zero-order valence-corrected chi connectivity index (χ0v) is 10.1. The molecule has 1 aromatic heterocycles. The van der Waals surface area contributed by atoms with Crippen LogP contribution < -0.4 is 11.0 Å². The van der Waals surface area contributed by atoms with Crippen LogP contribution in [0.2, 0.25) is 0 Å². The maximum absolute atomic E-state index is 11.2. The molecule has 5 heteroatoms. The second kappa shape index (κ2) is 4.42. The first-order chi connectivity index (χ1) is 9.28. The summed E-state index contributed by atoms with van der Waals surface area (Å²) in [7, 11) is 0. The zero-order valence-electron chi connectivity index (χ0n) is 10.1. The number of amides is 2. The molecule has 90 valence electrons. The molecule has 1 aliphatic heterocycles. The Morgan fingerprint density at radius 3 is 2.37 bits per heavy atom. The van der Waals surface area contributed by atoms with E-state index >= 15 is 0 Å². The fraction of sp³-hybridized carbons (Fsp3) is 0.0714. The molecule has 2 heterocycles. The Bertz CT molecular complexity index is 845. The number of aromatic nitrogens is 2. The second-order valence-electron chi connectivity index (χ2n) is 3.82. The molecule has 0 N–H and O–H groups in total. The maximum atomic E-state index is 11.2. The summed E-state index contributed by atoms with van der Waals surface area (Å²) in [6, 6.07) is 8.96. The Kier molecular flexibility index (Phi) is 2.62. The van der Waals surface area contributed by atoms with E-state index in [9.17, 15) is 4.79 Å². The Morgan fingerprint density at radius 2 is 1.68 bits per heavy atom. The van der Waals surface area contributed by atoms with Crippen molar-refractivity contribution >= 4 is 6.03 Å². The lowest BCUT2D eigenvalue weighted by Crippen LogP contribution is -2.30. The van der Waals surface area contributed by atoms with Gasteiger partial charge in [0.05, 0.1) is 0 Å². The van der Waals surface area contributed by atoms with Gasteiger partial charge < -0.3 is 0 Å². The molecule has 5 nitrogen and oxygen atoms in total. The van der Waals surface area contributed by atoms with Crippen molar-refractivity contribution < 1.29 is 4.79 Å². The molecule has 0 saturated carbocycles. The van der Waals surface area contributed by atoms with Crippen LogP contribution in [0.5, 0.6) is 0 Å². The van der Waals surface area contributed by atoms with Gasteiger partial charge in [-0.25, -0.2) is 14.8 Å². The molecule has 19 heavy (non-hydrogen) atoms. The summed E-state index contributed by atoms with van der Waals surface area (Å²) in [5.41, 5.74) is 2.49. The van der Waals surface area contributed by atoms with Gasteiger partial charge in [-0.2, -0.15) is 9.98 Å². The van der Waals surface area contributed by atoms with Gasteiger partial charge in [0, 0.05) is 5.56 Å². The van der Waals surface area contributed by atoms with Gasteiger partial charge in [-0.3, -0.25) is 0 Å². The fourth-order valence-electron chi connectivity index (χ4n) is 1.78. The van der Waals surface area contributed by atoms with Crippen LogP contribution in [0.3, 0.4) is 0 Å². The van der Waals surface area contributed by atoms with Crippen LogP contribution in [-0.4, -0.2) is 16.0 Å². The number of hydrogen-bond donors (Lipinski definition) is 0. The highest BCUT2D eigenvalue weighted by molar-refractivity contribution is 5.77. The number of urea groups is 1. The number of benzene rings is 1. The van der Waals surface area contributed by atoms with Crippen molar-refractivity contribution in [2.75, 3.05) is 0 Å². The van der Waals surface area contributed by atoms with Crippen molar-refractivity contribution in [1.82, 2.24) is 9.97 Å². The quantitative estimate of drug-likeness (QED) is 0.704. The fourth-order valence-corrected chi connectivity index (χ4v) is 1.78. The predicted octanol–water partition coefficient (Wildman–Crippen LogP) is 0.888. The minimum absolute atomic E-state index is 0.238. The van der Waals surface area contributed by atoms with Gasteiger partial charge in [0.15, 0.2) is 0 Å². The van der Waals surface area contributed by atoms with Crippen LogP contribution in [0.15, 0.2) is 40.3 Å². The average molecular weight is 248 g/mol. The largest absolute Gasteiger partial charge is 0.371 e. The summed E-state index contributed by atoms with van der Waals surface area (Å²) in [6.07, 6.45) is 0. The molecule has 0 bridgehead atoms. The van der Waals surface area contributed by atoms with Crippen LogP contribution in [0.1, 0.15) is 12.6 Å². The van der Waals surface area contributed by atoms with E-state index in [-0.39, 0.29) is 11.0 Å². The highest BCUT2D eigenvalue weighted by Crippen LogP contribution is 2.16. The summed E-state index contributed by atoms with van der Waals surface area (Å²) in [6.45, 7) is 1.72. The molecule has 0 atom stereocenters. The molecule has 1 aliphatic rings. The molecule has 0 saturated heterocycles. The molecule has 1 aromatic carbocycles. The average Bonchev–Trinajstić information content (AvgIpc) is 2.78. The molecule has 0 radical (unpaired) electrons. The molecule has 0 unspecified atom stereocenters. The van der Waals surface area contributed by atoms with E-state index in [4.69, 9.17) is 0 Å². The molecule has 0 fully saturated rings. The third kappa shape index (κ3) is 2.00. The molecule has 2 amide bonds. The molecular weight excluding hydrogens is 240 g/mol. The number of fused-ring (bicyclic) bond motifs is 1. The van der Waals surface area contributed by atoms with Gasteiger partial charge >= 0.3 is 6.03 Å². The van der Waals surface area contributed by atoms with Gasteiger partial charge in [0.25, 0.3) is 0 Å². The second-order valence-corrected chi connectivity index (χ2v) is 3.82. The third-order valence-electron chi connectivity index (χ3n) is 2.55. The van der Waals surface area contributed by atoms with Crippen molar-refractivity contribution in [2.45, 2.75) is 6.92 Å². The molecule has 3 rings (SSSR count). The van der Waals surface area contributed by atoms with Crippen LogP contribution in [0.25, 0.3) is 11.3 Å². The first-order valence-electron chi connectivity index (χ1n) is 5.65. The monoisotopic (exact) mass is 248 g/mol. The van der Waals surface area contributed by atoms with Gasteiger partial charge in [0.2, 0.25) is 11.0 Å². The van der Waals surface area contributed by atoms with E-state index in [0.29, 0.717) is 11.4 Å². The number of nitrogens with zero attached hydrogens (tertiary/aromatic N) is 4.